The van der Waals surface area contributed by atoms with Crippen LogP contribution in [0.15, 0.2) is 0 Å². The monoisotopic (exact) mass is 350 g/mol. The number of carbonyl (C=O) groups excluding carboxylic acids is 1. The Hall–Kier alpha value is -0.610. The molecule has 0 saturated heterocycles. The molecular weight excluding hydrogens is 316 g/mol. The normalized spacial score (nSPS) is 54.5. The van der Waals surface area contributed by atoms with Crippen molar-refractivity contribution >= 4 is 5.97 Å². The van der Waals surface area contributed by atoms with Crippen molar-refractivity contribution < 1.29 is 19.7 Å². The third-order valence-electron chi connectivity index (χ3n) is 9.35. The molecule has 142 valence electrons. The fraction of sp³-hybridized carbons (Fsp3) is 0.952. The first-order valence-corrected chi connectivity index (χ1v) is 10.2. The van der Waals surface area contributed by atoms with Crippen LogP contribution in [0.1, 0.15) is 65.2 Å². The standard InChI is InChI=1S/C21H34O4/c1-19-7-4-8-20(2,18(24)25-3)15(19)6-10-21-9-5-13(11-16(19)21)14(12-22)17(21)23/h13-17,22-23H,4-12H2,1-3H3/t13-,14-,15-,16-,17-,19+,20+,21-/m0/s1. The molecule has 2 N–H and O–H groups in total. The number of fused-ring (bicyclic) bond motifs is 3. The summed E-state index contributed by atoms with van der Waals surface area (Å²) in [4.78, 5) is 12.7. The van der Waals surface area contributed by atoms with Gasteiger partial charge in [-0.25, -0.2) is 0 Å². The summed E-state index contributed by atoms with van der Waals surface area (Å²) in [6, 6.07) is 0. The Kier molecular flexibility index (Phi) is 4.05. The average Bonchev–Trinajstić information content (AvgIpc) is 2.61. The first-order valence-electron chi connectivity index (χ1n) is 10.2. The van der Waals surface area contributed by atoms with E-state index in [0.29, 0.717) is 17.8 Å². The molecule has 5 rings (SSSR count). The summed E-state index contributed by atoms with van der Waals surface area (Å²) < 4.78 is 5.22. The highest BCUT2D eigenvalue weighted by molar-refractivity contribution is 5.77. The van der Waals surface area contributed by atoms with Crippen molar-refractivity contribution in [3.63, 3.8) is 0 Å². The SMILES string of the molecule is COC(=O)[C@]1(C)CCC[C@@]2(C)[C@@H]3C[C@@H]4CC[C@@]3(CC[C@@H]21)[C@@H](O)[C@H]4CO. The van der Waals surface area contributed by atoms with Crippen molar-refractivity contribution in [1.82, 2.24) is 0 Å². The second-order valence-corrected chi connectivity index (χ2v) is 9.97. The molecule has 4 heteroatoms. The summed E-state index contributed by atoms with van der Waals surface area (Å²) in [6.45, 7) is 4.62. The first kappa shape index (κ1) is 17.8. The molecule has 5 aliphatic carbocycles. The molecule has 0 amide bonds. The number of hydrogen-bond acceptors (Lipinski definition) is 4. The largest absolute Gasteiger partial charge is 0.469 e. The van der Waals surface area contributed by atoms with E-state index in [1.54, 1.807) is 0 Å². The van der Waals surface area contributed by atoms with Gasteiger partial charge in [-0.2, -0.15) is 0 Å². The van der Waals surface area contributed by atoms with Gasteiger partial charge in [-0.15, -0.1) is 0 Å². The molecular formula is C21H34O4. The molecule has 4 nitrogen and oxygen atoms in total. The zero-order chi connectivity index (χ0) is 18.0. The van der Waals surface area contributed by atoms with E-state index in [4.69, 9.17) is 4.74 Å². The van der Waals surface area contributed by atoms with Gasteiger partial charge in [0.15, 0.2) is 0 Å². The van der Waals surface area contributed by atoms with Crippen LogP contribution in [-0.4, -0.2) is 36.0 Å². The van der Waals surface area contributed by atoms with Crippen molar-refractivity contribution in [3.05, 3.63) is 0 Å². The van der Waals surface area contributed by atoms with E-state index >= 15 is 0 Å². The maximum atomic E-state index is 12.7. The number of aliphatic hydroxyl groups excluding tert-OH is 2. The summed E-state index contributed by atoms with van der Waals surface area (Å²) in [6.07, 6.45) is 8.12. The van der Waals surface area contributed by atoms with Crippen molar-refractivity contribution in [2.45, 2.75) is 71.3 Å². The number of methoxy groups -OCH3 is 1. The molecule has 5 saturated carbocycles. The van der Waals surface area contributed by atoms with Crippen molar-refractivity contribution in [3.8, 4) is 0 Å². The zero-order valence-corrected chi connectivity index (χ0v) is 16.0. The Balaban J connectivity index is 1.73. The third kappa shape index (κ3) is 2.10. The number of hydrogen-bond donors (Lipinski definition) is 2. The van der Waals surface area contributed by atoms with Crippen LogP contribution in [0.2, 0.25) is 0 Å². The first-order chi connectivity index (χ1) is 11.8. The minimum absolute atomic E-state index is 0.0399. The molecule has 8 atom stereocenters. The molecule has 25 heavy (non-hydrogen) atoms. The predicted molar refractivity (Wildman–Crippen MR) is 94.7 cm³/mol. The van der Waals surface area contributed by atoms with Crippen LogP contribution in [0.5, 0.6) is 0 Å². The van der Waals surface area contributed by atoms with E-state index in [1.807, 2.05) is 0 Å². The molecule has 0 aromatic heterocycles. The average molecular weight is 350 g/mol. The van der Waals surface area contributed by atoms with Gasteiger partial charge < -0.3 is 14.9 Å². The van der Waals surface area contributed by atoms with Gasteiger partial charge in [0.1, 0.15) is 0 Å². The molecule has 0 heterocycles. The topological polar surface area (TPSA) is 66.8 Å². The number of aliphatic hydroxyl groups is 2. The predicted octanol–water partition coefficient (Wildman–Crippen LogP) is 3.15. The maximum Gasteiger partial charge on any atom is 0.311 e. The van der Waals surface area contributed by atoms with Gasteiger partial charge in [0.25, 0.3) is 0 Å². The van der Waals surface area contributed by atoms with Gasteiger partial charge in [-0.3, -0.25) is 4.79 Å². The molecule has 0 radical (unpaired) electrons. The van der Waals surface area contributed by atoms with Crippen LogP contribution in [0.4, 0.5) is 0 Å². The summed E-state index contributed by atoms with van der Waals surface area (Å²) in [5, 5.41) is 21.0. The third-order valence-corrected chi connectivity index (χ3v) is 9.35. The minimum Gasteiger partial charge on any atom is -0.469 e. The lowest BCUT2D eigenvalue weighted by molar-refractivity contribution is -0.248. The smallest absolute Gasteiger partial charge is 0.311 e. The quantitative estimate of drug-likeness (QED) is 0.751. The van der Waals surface area contributed by atoms with Gasteiger partial charge in [-0.05, 0) is 75.0 Å². The Labute approximate surface area is 151 Å². The van der Waals surface area contributed by atoms with Gasteiger partial charge in [-0.1, -0.05) is 13.3 Å². The Morgan fingerprint density at radius 1 is 1.12 bits per heavy atom. The highest BCUT2D eigenvalue weighted by Crippen LogP contribution is 2.72. The number of ether oxygens (including phenoxy) is 1. The van der Waals surface area contributed by atoms with Crippen LogP contribution in [0.3, 0.4) is 0 Å². The Bertz CT molecular complexity index is 562. The fourth-order valence-corrected chi connectivity index (χ4v) is 8.20. The second kappa shape index (κ2) is 5.69. The minimum atomic E-state index is -0.388. The maximum absolute atomic E-state index is 12.7. The molecule has 1 spiro atoms. The second-order valence-electron chi connectivity index (χ2n) is 9.97. The van der Waals surface area contributed by atoms with E-state index in [-0.39, 0.29) is 40.8 Å². The van der Waals surface area contributed by atoms with Gasteiger partial charge in [0.05, 0.1) is 18.6 Å². The summed E-state index contributed by atoms with van der Waals surface area (Å²) >= 11 is 0. The fourth-order valence-electron chi connectivity index (χ4n) is 8.20. The van der Waals surface area contributed by atoms with E-state index in [0.717, 1.165) is 51.4 Å². The molecule has 2 bridgehead atoms. The summed E-state index contributed by atoms with van der Waals surface area (Å²) in [5.74, 6) is 1.26. The van der Waals surface area contributed by atoms with Crippen LogP contribution >= 0.6 is 0 Å². The van der Waals surface area contributed by atoms with Crippen molar-refractivity contribution in [2.75, 3.05) is 13.7 Å². The lowest BCUT2D eigenvalue weighted by atomic mass is 9.35. The lowest BCUT2D eigenvalue weighted by Crippen LogP contribution is -2.67. The highest BCUT2D eigenvalue weighted by atomic mass is 16.5. The highest BCUT2D eigenvalue weighted by Gasteiger charge is 2.68. The molecule has 5 fully saturated rings. The summed E-state index contributed by atoms with van der Waals surface area (Å²) in [5.41, 5.74) is -0.331. The molecule has 5 aliphatic rings. The van der Waals surface area contributed by atoms with Crippen LogP contribution in [0, 0.1) is 39.9 Å². The van der Waals surface area contributed by atoms with Gasteiger partial charge >= 0.3 is 5.97 Å². The lowest BCUT2D eigenvalue weighted by Gasteiger charge is -2.69. The van der Waals surface area contributed by atoms with E-state index < -0.39 is 0 Å². The number of rotatable bonds is 2. The van der Waals surface area contributed by atoms with Crippen LogP contribution in [0.25, 0.3) is 0 Å². The van der Waals surface area contributed by atoms with Crippen molar-refractivity contribution in [2.24, 2.45) is 39.9 Å². The number of carbonyl (C=O) groups is 1. The Morgan fingerprint density at radius 2 is 1.84 bits per heavy atom. The molecule has 0 aliphatic heterocycles. The molecule has 0 unspecified atom stereocenters. The molecule has 0 aromatic rings. The Morgan fingerprint density at radius 3 is 2.52 bits per heavy atom. The van der Waals surface area contributed by atoms with Gasteiger partial charge in [0, 0.05) is 17.9 Å². The van der Waals surface area contributed by atoms with E-state index in [1.165, 1.54) is 7.11 Å². The summed E-state index contributed by atoms with van der Waals surface area (Å²) in [7, 11) is 1.52. The van der Waals surface area contributed by atoms with Crippen LogP contribution in [-0.2, 0) is 9.53 Å². The zero-order valence-electron chi connectivity index (χ0n) is 16.0. The van der Waals surface area contributed by atoms with Gasteiger partial charge in [0.2, 0.25) is 0 Å². The number of esters is 1. The molecule has 0 aromatic carbocycles. The van der Waals surface area contributed by atoms with Crippen molar-refractivity contribution in [1.29, 1.82) is 0 Å². The van der Waals surface area contributed by atoms with E-state index in [9.17, 15) is 15.0 Å². The van der Waals surface area contributed by atoms with Crippen LogP contribution < -0.4 is 0 Å². The van der Waals surface area contributed by atoms with E-state index in [2.05, 4.69) is 13.8 Å².